The van der Waals surface area contributed by atoms with Crippen LogP contribution in [0.4, 0.5) is 23.7 Å². The molecular weight excluding hydrogens is 601 g/mol. The third-order valence-corrected chi connectivity index (χ3v) is 7.14. The fraction of sp³-hybridized carbons (Fsp3) is 0.300. The summed E-state index contributed by atoms with van der Waals surface area (Å²) in [6, 6.07) is 13.3. The van der Waals surface area contributed by atoms with Crippen LogP contribution in [0.3, 0.4) is 0 Å². The van der Waals surface area contributed by atoms with Crippen LogP contribution < -0.4 is 16.2 Å². The number of alkyl carbamates (subject to hydrolysis) is 1. The number of alkyl halides is 3. The van der Waals surface area contributed by atoms with E-state index in [9.17, 15) is 27.6 Å². The van der Waals surface area contributed by atoms with Crippen LogP contribution in [-0.2, 0) is 23.0 Å². The van der Waals surface area contributed by atoms with Gasteiger partial charge in [0.25, 0.3) is 5.56 Å². The van der Waals surface area contributed by atoms with Gasteiger partial charge < -0.3 is 24.5 Å². The summed E-state index contributed by atoms with van der Waals surface area (Å²) < 4.78 is 46.9. The number of aromatic nitrogens is 4. The topological polar surface area (TPSA) is 120 Å². The molecule has 0 aliphatic rings. The molecule has 10 nitrogen and oxygen atoms in total. The fourth-order valence-corrected chi connectivity index (χ4v) is 4.49. The zero-order valence-corrected chi connectivity index (χ0v) is 25.0. The Balaban J connectivity index is 1.61. The normalized spacial score (nSPS) is 12.9. The van der Waals surface area contributed by atoms with Gasteiger partial charge in [0.1, 0.15) is 12.4 Å². The van der Waals surface area contributed by atoms with Crippen molar-refractivity contribution >= 4 is 29.3 Å². The van der Waals surface area contributed by atoms with Crippen molar-refractivity contribution < 1.29 is 27.5 Å². The molecule has 44 heavy (non-hydrogen) atoms. The predicted molar refractivity (Wildman–Crippen MR) is 159 cm³/mol. The Morgan fingerprint density at radius 3 is 2.27 bits per heavy atom. The molecule has 2 aromatic carbocycles. The second kappa shape index (κ2) is 13.3. The lowest BCUT2D eigenvalue weighted by atomic mass is 9.99. The number of pyridine rings is 1. The second-order valence-electron chi connectivity index (χ2n) is 10.4. The number of rotatable bonds is 9. The molecule has 2 heterocycles. The number of benzene rings is 2. The summed E-state index contributed by atoms with van der Waals surface area (Å²) in [5, 5.41) is 13.1. The first-order valence-electron chi connectivity index (χ1n) is 13.5. The average molecular weight is 631 g/mol. The van der Waals surface area contributed by atoms with Crippen LogP contribution in [0.15, 0.2) is 71.9 Å². The molecule has 2 N–H and O–H groups in total. The van der Waals surface area contributed by atoms with Crippen LogP contribution in [0.1, 0.15) is 32.4 Å². The molecule has 0 spiro atoms. The zero-order valence-electron chi connectivity index (χ0n) is 24.2. The van der Waals surface area contributed by atoms with Gasteiger partial charge >= 0.3 is 12.3 Å². The Labute approximate surface area is 255 Å². The van der Waals surface area contributed by atoms with Crippen molar-refractivity contribution in [1.82, 2.24) is 24.6 Å². The molecule has 2 amide bonds. The number of hydrogen-bond donors (Lipinski definition) is 2. The molecule has 232 valence electrons. The quantitative estimate of drug-likeness (QED) is 0.242. The van der Waals surface area contributed by atoms with Gasteiger partial charge in [0.15, 0.2) is 11.9 Å². The molecule has 2 aromatic heterocycles. The van der Waals surface area contributed by atoms with E-state index in [1.54, 1.807) is 77.2 Å². The molecule has 0 saturated heterocycles. The number of nitrogens with zero attached hydrogens (tertiary/aromatic N) is 4. The predicted octanol–water partition coefficient (Wildman–Crippen LogP) is 5.77. The molecule has 0 bridgehead atoms. The average Bonchev–Trinajstić information content (AvgIpc) is 3.39. The van der Waals surface area contributed by atoms with Crippen molar-refractivity contribution in [3.8, 4) is 22.5 Å². The number of aryl methyl sites for hydroxylation is 1. The maximum absolute atomic E-state index is 13.4. The number of nitrogens with one attached hydrogen (secondary N) is 2. The minimum atomic E-state index is -4.79. The van der Waals surface area contributed by atoms with E-state index in [1.165, 1.54) is 6.07 Å². The van der Waals surface area contributed by atoms with Crippen LogP contribution in [0.25, 0.3) is 22.5 Å². The monoisotopic (exact) mass is 630 g/mol. The number of anilines is 1. The number of hydrogen-bond acceptors (Lipinski definition) is 6. The van der Waals surface area contributed by atoms with E-state index in [-0.39, 0.29) is 23.0 Å². The van der Waals surface area contributed by atoms with Gasteiger partial charge in [-0.15, -0.1) is 10.2 Å². The number of ether oxygens (including phenoxy) is 1. The summed E-state index contributed by atoms with van der Waals surface area (Å²) in [5.41, 5.74) is 2.72. The summed E-state index contributed by atoms with van der Waals surface area (Å²) in [6.45, 7) is 4.43. The lowest BCUT2D eigenvalue weighted by Crippen LogP contribution is -2.47. The van der Waals surface area contributed by atoms with E-state index >= 15 is 0 Å². The summed E-state index contributed by atoms with van der Waals surface area (Å²) in [4.78, 5) is 38.1. The Hall–Kier alpha value is -4.65. The highest BCUT2D eigenvalue weighted by atomic mass is 35.5. The van der Waals surface area contributed by atoms with Crippen molar-refractivity contribution in [2.75, 3.05) is 5.32 Å². The highest BCUT2D eigenvalue weighted by Gasteiger charge is 2.39. The second-order valence-corrected chi connectivity index (χ2v) is 10.8. The fourth-order valence-electron chi connectivity index (χ4n) is 4.30. The lowest BCUT2D eigenvalue weighted by molar-refractivity contribution is -0.197. The molecule has 0 aliphatic carbocycles. The number of amides is 2. The maximum atomic E-state index is 13.4. The van der Waals surface area contributed by atoms with E-state index in [0.717, 1.165) is 5.56 Å². The van der Waals surface area contributed by atoms with Gasteiger partial charge in [-0.05, 0) is 79.9 Å². The maximum Gasteiger partial charge on any atom is 0.425 e. The van der Waals surface area contributed by atoms with Crippen LogP contribution >= 0.6 is 11.6 Å². The largest absolute Gasteiger partial charge is 0.437 e. The van der Waals surface area contributed by atoms with Gasteiger partial charge in [-0.25, -0.2) is 4.79 Å². The Bertz CT molecular complexity index is 1700. The first-order valence-corrected chi connectivity index (χ1v) is 13.9. The van der Waals surface area contributed by atoms with Crippen molar-refractivity contribution in [2.45, 2.75) is 51.6 Å². The van der Waals surface area contributed by atoms with E-state index < -0.39 is 30.3 Å². The molecule has 0 radical (unpaired) electrons. The highest BCUT2D eigenvalue weighted by Crippen LogP contribution is 2.27. The Morgan fingerprint density at radius 1 is 1.00 bits per heavy atom. The summed E-state index contributed by atoms with van der Waals surface area (Å²) >= 11 is 6.47. The van der Waals surface area contributed by atoms with Crippen molar-refractivity contribution in [3.05, 3.63) is 88.1 Å². The summed E-state index contributed by atoms with van der Waals surface area (Å²) in [7, 11) is 1.78. The number of carbonyl (C=O) groups excluding carboxylic acids is 2. The van der Waals surface area contributed by atoms with E-state index in [1.807, 2.05) is 13.8 Å². The first kappa shape index (κ1) is 32.3. The van der Waals surface area contributed by atoms with Crippen LogP contribution in [0.5, 0.6) is 0 Å². The van der Waals surface area contributed by atoms with Crippen LogP contribution in [-0.4, -0.2) is 49.7 Å². The van der Waals surface area contributed by atoms with Crippen molar-refractivity contribution in [1.29, 1.82) is 0 Å². The molecule has 0 fully saturated rings. The zero-order chi connectivity index (χ0) is 32.2. The van der Waals surface area contributed by atoms with E-state index in [2.05, 4.69) is 25.6 Å². The molecule has 2 unspecified atom stereocenters. The van der Waals surface area contributed by atoms with Gasteiger partial charge in [-0.1, -0.05) is 17.7 Å². The molecular formula is C30H30ClF3N6O4. The van der Waals surface area contributed by atoms with Crippen LogP contribution in [0.2, 0.25) is 5.02 Å². The van der Waals surface area contributed by atoms with Gasteiger partial charge in [-0.2, -0.15) is 13.2 Å². The molecule has 2 atom stereocenters. The minimum Gasteiger partial charge on any atom is -0.437 e. The molecule has 0 aliphatic heterocycles. The summed E-state index contributed by atoms with van der Waals surface area (Å²) in [6.07, 6.45) is -5.56. The standard InChI is InChI=1S/C30H30ClF3N6O4/c1-17(2)40-15-21(8-12-26(40)41)20-7-11-24(31)22(13-20)14-25(37-29(43)44-18(3)30(32,33)34)28(42)36-23-9-5-19(6-10-23)27-38-35-16-39(27)4/h5-13,15-18,25H,14H2,1-4H3,(H,36,42)(H,37,43). The smallest absolute Gasteiger partial charge is 0.425 e. The van der Waals surface area contributed by atoms with E-state index in [4.69, 9.17) is 11.6 Å². The SMILES string of the molecule is CC(C)n1cc(-c2ccc(Cl)c(CC(NC(=O)OC(C)C(F)(F)F)C(=O)Nc3ccc(-c4nncn4C)cc3)c2)ccc1=O. The summed E-state index contributed by atoms with van der Waals surface area (Å²) in [5.74, 6) is -0.120. The highest BCUT2D eigenvalue weighted by molar-refractivity contribution is 6.31. The Kier molecular flexibility index (Phi) is 9.78. The van der Waals surface area contributed by atoms with Gasteiger partial charge in [-0.3, -0.25) is 9.59 Å². The molecule has 4 rings (SSSR count). The number of halogens is 4. The third-order valence-electron chi connectivity index (χ3n) is 6.77. The van der Waals surface area contributed by atoms with Crippen molar-refractivity contribution in [3.63, 3.8) is 0 Å². The lowest BCUT2D eigenvalue weighted by Gasteiger charge is -2.22. The van der Waals surface area contributed by atoms with Crippen LogP contribution in [0, 0.1) is 0 Å². The molecule has 14 heteroatoms. The van der Waals surface area contributed by atoms with Gasteiger partial charge in [0.05, 0.1) is 0 Å². The minimum absolute atomic E-state index is 0.0916. The first-order chi connectivity index (χ1) is 20.7. The Morgan fingerprint density at radius 2 is 1.66 bits per heavy atom. The third kappa shape index (κ3) is 7.84. The number of carbonyl (C=O) groups is 2. The molecule has 0 saturated carbocycles. The van der Waals surface area contributed by atoms with Gasteiger partial charge in [0.2, 0.25) is 5.91 Å². The van der Waals surface area contributed by atoms with E-state index in [0.29, 0.717) is 35.1 Å². The van der Waals surface area contributed by atoms with Gasteiger partial charge in [0, 0.05) is 48.0 Å². The molecule has 4 aromatic rings. The van der Waals surface area contributed by atoms with Crippen molar-refractivity contribution in [2.24, 2.45) is 7.05 Å².